The molecule has 2 fully saturated rings. The van der Waals surface area contributed by atoms with E-state index in [9.17, 15) is 14.4 Å². The van der Waals surface area contributed by atoms with E-state index in [4.69, 9.17) is 11.6 Å². The van der Waals surface area contributed by atoms with E-state index in [-0.39, 0.29) is 41.4 Å². The first kappa shape index (κ1) is 18.1. The van der Waals surface area contributed by atoms with Crippen molar-refractivity contribution in [3.63, 3.8) is 0 Å². The molecule has 3 amide bonds. The molecule has 5 nitrogen and oxygen atoms in total. The van der Waals surface area contributed by atoms with Gasteiger partial charge in [0, 0.05) is 16.3 Å². The number of allylic oxidation sites excluding steroid dienone is 2. The molecule has 1 heterocycles. The molecule has 29 heavy (non-hydrogen) atoms. The van der Waals surface area contributed by atoms with Crippen LogP contribution in [0, 0.1) is 30.6 Å². The number of fused-ring (bicyclic) bond motifs is 5. The Morgan fingerprint density at radius 3 is 2.24 bits per heavy atom. The molecule has 0 aromatic heterocycles. The molecule has 2 aliphatic carbocycles. The normalized spacial score (nSPS) is 26.9. The minimum Gasteiger partial charge on any atom is -0.322 e. The van der Waals surface area contributed by atoms with Crippen molar-refractivity contribution in [2.45, 2.75) is 13.3 Å². The van der Waals surface area contributed by atoms with E-state index >= 15 is 0 Å². The summed E-state index contributed by atoms with van der Waals surface area (Å²) in [7, 11) is 0. The average Bonchev–Trinajstić information content (AvgIpc) is 3.39. The number of imide groups is 1. The zero-order valence-electron chi connectivity index (χ0n) is 15.8. The standard InChI is InChI=1S/C23H19ClN2O3/c1-12-2-7-16(24)11-18(12)25-21(27)13-5-8-17(9-6-13)26-22(28)19-14-3-4-15(10-14)20(19)23(26)29/h2-9,11,14-15,19-20H,10H2,1H3,(H,25,27)/t14-,15+,19-,20+. The first-order valence-corrected chi connectivity index (χ1v) is 10.1. The summed E-state index contributed by atoms with van der Waals surface area (Å²) in [5, 5.41) is 3.39. The third-order valence-corrected chi connectivity index (χ3v) is 6.54. The molecule has 1 saturated carbocycles. The van der Waals surface area contributed by atoms with Crippen molar-refractivity contribution in [1.29, 1.82) is 0 Å². The van der Waals surface area contributed by atoms with Crippen molar-refractivity contribution in [2.24, 2.45) is 23.7 Å². The Bertz CT molecular complexity index is 1050. The SMILES string of the molecule is Cc1ccc(Cl)cc1NC(=O)c1ccc(N2C(=O)[C@@H]3[C@H](C2=O)[C@@H]2C=C[C@H]3C2)cc1. The van der Waals surface area contributed by atoms with Gasteiger partial charge in [0.05, 0.1) is 17.5 Å². The number of carbonyl (C=O) groups is 3. The molecule has 0 radical (unpaired) electrons. The lowest BCUT2D eigenvalue weighted by atomic mass is 9.85. The third-order valence-electron chi connectivity index (χ3n) is 6.31. The van der Waals surface area contributed by atoms with Crippen molar-refractivity contribution < 1.29 is 14.4 Å². The van der Waals surface area contributed by atoms with Gasteiger partial charge in [-0.25, -0.2) is 0 Å². The van der Waals surface area contributed by atoms with Gasteiger partial charge in [-0.15, -0.1) is 0 Å². The van der Waals surface area contributed by atoms with E-state index < -0.39 is 0 Å². The number of benzene rings is 2. The highest BCUT2D eigenvalue weighted by Crippen LogP contribution is 2.53. The lowest BCUT2D eigenvalue weighted by Gasteiger charge is -2.17. The molecule has 0 spiro atoms. The van der Waals surface area contributed by atoms with Crippen molar-refractivity contribution >= 4 is 40.7 Å². The molecule has 1 aliphatic heterocycles. The summed E-state index contributed by atoms with van der Waals surface area (Å²) >= 11 is 6.01. The second kappa shape index (κ2) is 6.56. The van der Waals surface area contributed by atoms with Crippen LogP contribution in [0.5, 0.6) is 0 Å². The second-order valence-electron chi connectivity index (χ2n) is 7.97. The van der Waals surface area contributed by atoms with Gasteiger partial charge in [-0.05, 0) is 67.1 Å². The molecule has 0 unspecified atom stereocenters. The monoisotopic (exact) mass is 406 g/mol. The highest BCUT2D eigenvalue weighted by atomic mass is 35.5. The predicted molar refractivity (Wildman–Crippen MR) is 111 cm³/mol. The highest BCUT2D eigenvalue weighted by molar-refractivity contribution is 6.31. The number of rotatable bonds is 3. The molecule has 4 atom stereocenters. The van der Waals surface area contributed by atoms with Gasteiger partial charge in [0.2, 0.25) is 11.8 Å². The lowest BCUT2D eigenvalue weighted by Crippen LogP contribution is -2.32. The van der Waals surface area contributed by atoms with Crippen molar-refractivity contribution in [2.75, 3.05) is 10.2 Å². The molecule has 6 heteroatoms. The second-order valence-corrected chi connectivity index (χ2v) is 8.41. The first-order chi connectivity index (χ1) is 13.9. The number of nitrogens with one attached hydrogen (secondary N) is 1. The molecule has 1 saturated heterocycles. The van der Waals surface area contributed by atoms with Crippen LogP contribution in [-0.2, 0) is 9.59 Å². The van der Waals surface area contributed by atoms with Crippen LogP contribution in [0.3, 0.4) is 0 Å². The number of amides is 3. The lowest BCUT2D eigenvalue weighted by molar-refractivity contribution is -0.123. The first-order valence-electron chi connectivity index (χ1n) is 9.68. The number of nitrogens with zero attached hydrogens (tertiary/aromatic N) is 1. The maximum Gasteiger partial charge on any atom is 0.255 e. The van der Waals surface area contributed by atoms with Crippen LogP contribution in [0.4, 0.5) is 11.4 Å². The van der Waals surface area contributed by atoms with Gasteiger partial charge < -0.3 is 5.32 Å². The molecule has 2 aromatic carbocycles. The van der Waals surface area contributed by atoms with E-state index in [0.717, 1.165) is 12.0 Å². The summed E-state index contributed by atoms with van der Waals surface area (Å²) in [5.74, 6) is -0.625. The Morgan fingerprint density at radius 2 is 1.62 bits per heavy atom. The number of carbonyl (C=O) groups excluding carboxylic acids is 3. The van der Waals surface area contributed by atoms with Gasteiger partial charge in [-0.1, -0.05) is 29.8 Å². The van der Waals surface area contributed by atoms with E-state index in [2.05, 4.69) is 17.5 Å². The summed E-state index contributed by atoms with van der Waals surface area (Å²) in [5.41, 5.74) is 2.51. The zero-order chi connectivity index (χ0) is 20.3. The van der Waals surface area contributed by atoms with Crippen molar-refractivity contribution in [3.8, 4) is 0 Å². The summed E-state index contributed by atoms with van der Waals surface area (Å²) in [6.45, 7) is 1.89. The van der Waals surface area contributed by atoms with Crippen LogP contribution in [0.25, 0.3) is 0 Å². The Balaban J connectivity index is 1.36. The third kappa shape index (κ3) is 2.80. The molecule has 1 N–H and O–H groups in total. The minimum atomic E-state index is -0.278. The summed E-state index contributed by atoms with van der Waals surface area (Å²) in [6, 6.07) is 11.9. The predicted octanol–water partition coefficient (Wildman–Crippen LogP) is 4.21. The molecule has 146 valence electrons. The summed E-state index contributed by atoms with van der Waals surface area (Å²) < 4.78 is 0. The summed E-state index contributed by atoms with van der Waals surface area (Å²) in [4.78, 5) is 39.7. The fourth-order valence-electron chi connectivity index (χ4n) is 4.84. The quantitative estimate of drug-likeness (QED) is 0.613. The Kier molecular flexibility index (Phi) is 4.10. The van der Waals surface area contributed by atoms with E-state index in [1.165, 1.54) is 4.90 Å². The van der Waals surface area contributed by atoms with Gasteiger partial charge in [0.1, 0.15) is 0 Å². The Labute approximate surface area is 173 Å². The van der Waals surface area contributed by atoms with Crippen molar-refractivity contribution in [3.05, 3.63) is 70.8 Å². The molecular formula is C23H19ClN2O3. The molecular weight excluding hydrogens is 388 g/mol. The topological polar surface area (TPSA) is 66.5 Å². The largest absolute Gasteiger partial charge is 0.322 e. The maximum absolute atomic E-state index is 12.9. The van der Waals surface area contributed by atoms with Gasteiger partial charge >= 0.3 is 0 Å². The molecule has 5 rings (SSSR count). The van der Waals surface area contributed by atoms with Gasteiger partial charge in [0.15, 0.2) is 0 Å². The fourth-order valence-corrected chi connectivity index (χ4v) is 5.01. The number of hydrogen-bond acceptors (Lipinski definition) is 3. The van der Waals surface area contributed by atoms with Crippen LogP contribution in [0.15, 0.2) is 54.6 Å². The van der Waals surface area contributed by atoms with E-state index in [0.29, 0.717) is 22.0 Å². The average molecular weight is 407 g/mol. The van der Waals surface area contributed by atoms with E-state index in [1.54, 1.807) is 36.4 Å². The van der Waals surface area contributed by atoms with Crippen LogP contribution >= 0.6 is 11.6 Å². The van der Waals surface area contributed by atoms with Gasteiger partial charge in [-0.3, -0.25) is 19.3 Å². The number of hydrogen-bond donors (Lipinski definition) is 1. The Hall–Kier alpha value is -2.92. The number of halogens is 1. The van der Waals surface area contributed by atoms with Crippen molar-refractivity contribution in [1.82, 2.24) is 0 Å². The van der Waals surface area contributed by atoms with Gasteiger partial charge in [-0.2, -0.15) is 0 Å². The molecule has 2 bridgehead atoms. The van der Waals surface area contributed by atoms with Gasteiger partial charge in [0.25, 0.3) is 5.91 Å². The highest BCUT2D eigenvalue weighted by Gasteiger charge is 2.59. The molecule has 2 aromatic rings. The van der Waals surface area contributed by atoms with Crippen LogP contribution in [0.2, 0.25) is 5.02 Å². The van der Waals surface area contributed by atoms with Crippen LogP contribution in [-0.4, -0.2) is 17.7 Å². The fraction of sp³-hybridized carbons (Fsp3) is 0.261. The van der Waals surface area contributed by atoms with Crippen LogP contribution < -0.4 is 10.2 Å². The number of aryl methyl sites for hydroxylation is 1. The maximum atomic E-state index is 12.9. The van der Waals surface area contributed by atoms with E-state index in [1.807, 2.05) is 13.0 Å². The summed E-state index contributed by atoms with van der Waals surface area (Å²) in [6.07, 6.45) is 5.06. The number of anilines is 2. The van der Waals surface area contributed by atoms with Crippen LogP contribution in [0.1, 0.15) is 22.3 Å². The minimum absolute atomic E-state index is 0.122. The smallest absolute Gasteiger partial charge is 0.255 e. The zero-order valence-corrected chi connectivity index (χ0v) is 16.5. The molecule has 3 aliphatic rings. The Morgan fingerprint density at radius 1 is 1.00 bits per heavy atom.